The molecule has 0 bridgehead atoms. The Hall–Kier alpha value is -1.59. The second kappa shape index (κ2) is 8.15. The number of amides is 1. The van der Waals surface area contributed by atoms with Crippen LogP contribution in [0.4, 0.5) is 4.79 Å². The maximum absolute atomic E-state index is 11.3. The molecule has 1 saturated carbocycles. The van der Waals surface area contributed by atoms with Gasteiger partial charge in [-0.2, -0.15) is 0 Å². The molecule has 0 heterocycles. The van der Waals surface area contributed by atoms with Crippen molar-refractivity contribution >= 4 is 6.09 Å². The van der Waals surface area contributed by atoms with Crippen molar-refractivity contribution in [3.8, 4) is 0 Å². The molecule has 2 rings (SSSR count). The molecule has 1 aliphatic rings. The molecule has 0 spiro atoms. The van der Waals surface area contributed by atoms with Gasteiger partial charge in [0.1, 0.15) is 0 Å². The van der Waals surface area contributed by atoms with Crippen molar-refractivity contribution in [1.82, 2.24) is 10.2 Å². The van der Waals surface area contributed by atoms with Crippen LogP contribution in [0.1, 0.15) is 24.8 Å². The summed E-state index contributed by atoms with van der Waals surface area (Å²) in [7, 11) is 3.61. The van der Waals surface area contributed by atoms with E-state index in [-0.39, 0.29) is 6.04 Å². The molecule has 22 heavy (non-hydrogen) atoms. The van der Waals surface area contributed by atoms with Crippen LogP contribution in [0.2, 0.25) is 0 Å². The highest BCUT2D eigenvalue weighted by Crippen LogP contribution is 2.23. The van der Waals surface area contributed by atoms with Crippen molar-refractivity contribution in [3.63, 3.8) is 0 Å². The van der Waals surface area contributed by atoms with Gasteiger partial charge in [0, 0.05) is 25.7 Å². The highest BCUT2D eigenvalue weighted by atomic mass is 16.5. The summed E-state index contributed by atoms with van der Waals surface area (Å²) >= 11 is 0. The maximum Gasteiger partial charge on any atom is 0.407 e. The molecule has 0 aliphatic heterocycles. The number of nitrogens with one attached hydrogen (secondary N) is 1. The van der Waals surface area contributed by atoms with E-state index in [1.165, 1.54) is 4.90 Å². The standard InChI is InChI=1S/C17H26N2O3/c1-18-14-11-16(12-14)22-9-8-15(19(2)17(20)21)10-13-6-4-3-5-7-13/h3-7,14-16,18H,8-12H2,1-2H3,(H,20,21). The van der Waals surface area contributed by atoms with Crippen molar-refractivity contribution < 1.29 is 14.6 Å². The summed E-state index contributed by atoms with van der Waals surface area (Å²) in [6.07, 6.45) is 2.98. The third-order valence-corrected chi connectivity index (χ3v) is 4.47. The van der Waals surface area contributed by atoms with Gasteiger partial charge in [-0.25, -0.2) is 4.79 Å². The first-order valence-electron chi connectivity index (χ1n) is 7.88. The van der Waals surface area contributed by atoms with Crippen molar-refractivity contribution in [3.05, 3.63) is 35.9 Å². The summed E-state index contributed by atoms with van der Waals surface area (Å²) in [6, 6.07) is 10.5. The number of hydrogen-bond acceptors (Lipinski definition) is 3. The van der Waals surface area contributed by atoms with Gasteiger partial charge in [0.25, 0.3) is 0 Å². The van der Waals surface area contributed by atoms with Gasteiger partial charge in [0.2, 0.25) is 0 Å². The molecule has 1 atom stereocenters. The number of carboxylic acid groups (broad SMARTS) is 1. The summed E-state index contributed by atoms with van der Waals surface area (Å²) < 4.78 is 5.85. The van der Waals surface area contributed by atoms with Crippen LogP contribution in [0.15, 0.2) is 30.3 Å². The molecule has 1 unspecified atom stereocenters. The fraction of sp³-hybridized carbons (Fsp3) is 0.588. The molecule has 2 N–H and O–H groups in total. The zero-order valence-corrected chi connectivity index (χ0v) is 13.4. The van der Waals surface area contributed by atoms with Crippen LogP contribution >= 0.6 is 0 Å². The van der Waals surface area contributed by atoms with Crippen LogP contribution in [-0.2, 0) is 11.2 Å². The third kappa shape index (κ3) is 4.71. The van der Waals surface area contributed by atoms with E-state index in [2.05, 4.69) is 5.32 Å². The number of likely N-dealkylation sites (N-methyl/N-ethyl adjacent to an activating group) is 1. The van der Waals surface area contributed by atoms with Crippen LogP contribution in [0.3, 0.4) is 0 Å². The predicted molar refractivity (Wildman–Crippen MR) is 86.2 cm³/mol. The number of ether oxygens (including phenoxy) is 1. The fourth-order valence-corrected chi connectivity index (χ4v) is 2.78. The number of nitrogens with zero attached hydrogens (tertiary/aromatic N) is 1. The van der Waals surface area contributed by atoms with Gasteiger partial charge in [-0.3, -0.25) is 0 Å². The molecule has 5 nitrogen and oxygen atoms in total. The van der Waals surface area contributed by atoms with E-state index in [1.807, 2.05) is 37.4 Å². The van der Waals surface area contributed by atoms with Gasteiger partial charge < -0.3 is 20.1 Å². The topological polar surface area (TPSA) is 61.8 Å². The lowest BCUT2D eigenvalue weighted by atomic mass is 9.89. The van der Waals surface area contributed by atoms with E-state index in [1.54, 1.807) is 7.05 Å². The van der Waals surface area contributed by atoms with Crippen molar-refractivity contribution in [1.29, 1.82) is 0 Å². The minimum Gasteiger partial charge on any atom is -0.465 e. The molecular weight excluding hydrogens is 280 g/mol. The van der Waals surface area contributed by atoms with E-state index < -0.39 is 6.09 Å². The summed E-state index contributed by atoms with van der Waals surface area (Å²) in [5.74, 6) is 0. The Morgan fingerprint density at radius 2 is 2.09 bits per heavy atom. The number of carbonyl (C=O) groups is 1. The van der Waals surface area contributed by atoms with Crippen LogP contribution in [0, 0.1) is 0 Å². The predicted octanol–water partition coefficient (Wildman–Crippen LogP) is 2.36. The lowest BCUT2D eigenvalue weighted by molar-refractivity contribution is -0.0215. The molecule has 1 fully saturated rings. The monoisotopic (exact) mass is 306 g/mol. The lowest BCUT2D eigenvalue weighted by Crippen LogP contribution is -2.44. The number of benzene rings is 1. The maximum atomic E-state index is 11.3. The molecule has 5 heteroatoms. The largest absolute Gasteiger partial charge is 0.465 e. The molecule has 0 saturated heterocycles. The molecular formula is C17H26N2O3. The minimum atomic E-state index is -0.889. The summed E-state index contributed by atoms with van der Waals surface area (Å²) in [5.41, 5.74) is 1.15. The van der Waals surface area contributed by atoms with Gasteiger partial charge in [-0.15, -0.1) is 0 Å². The van der Waals surface area contributed by atoms with Gasteiger partial charge >= 0.3 is 6.09 Å². The van der Waals surface area contributed by atoms with Crippen LogP contribution in [0.25, 0.3) is 0 Å². The van der Waals surface area contributed by atoms with Gasteiger partial charge in [-0.05, 0) is 38.3 Å². The van der Waals surface area contributed by atoms with E-state index in [9.17, 15) is 9.90 Å². The van der Waals surface area contributed by atoms with Crippen molar-refractivity contribution in [2.24, 2.45) is 0 Å². The normalized spacial score (nSPS) is 21.9. The Morgan fingerprint density at radius 1 is 1.41 bits per heavy atom. The third-order valence-electron chi connectivity index (χ3n) is 4.47. The van der Waals surface area contributed by atoms with Crippen molar-refractivity contribution in [2.45, 2.75) is 43.9 Å². The fourth-order valence-electron chi connectivity index (χ4n) is 2.78. The molecule has 1 amide bonds. The van der Waals surface area contributed by atoms with Crippen LogP contribution < -0.4 is 5.32 Å². The highest BCUT2D eigenvalue weighted by molar-refractivity contribution is 5.65. The van der Waals surface area contributed by atoms with Crippen LogP contribution in [0.5, 0.6) is 0 Å². The molecule has 1 aliphatic carbocycles. The van der Waals surface area contributed by atoms with E-state index in [0.29, 0.717) is 18.8 Å². The first-order valence-corrected chi connectivity index (χ1v) is 7.88. The Balaban J connectivity index is 1.81. The van der Waals surface area contributed by atoms with Gasteiger partial charge in [0.05, 0.1) is 6.10 Å². The smallest absolute Gasteiger partial charge is 0.407 e. The number of hydrogen-bond donors (Lipinski definition) is 2. The first kappa shape index (κ1) is 16.8. The molecule has 0 radical (unpaired) electrons. The van der Waals surface area contributed by atoms with E-state index in [0.717, 1.165) is 31.2 Å². The molecule has 1 aromatic carbocycles. The molecule has 1 aromatic rings. The van der Waals surface area contributed by atoms with E-state index in [4.69, 9.17) is 4.74 Å². The summed E-state index contributed by atoms with van der Waals surface area (Å²) in [4.78, 5) is 12.7. The minimum absolute atomic E-state index is 0.0555. The van der Waals surface area contributed by atoms with Gasteiger partial charge in [-0.1, -0.05) is 30.3 Å². The lowest BCUT2D eigenvalue weighted by Gasteiger charge is -2.35. The second-order valence-electron chi connectivity index (χ2n) is 5.98. The zero-order valence-electron chi connectivity index (χ0n) is 13.4. The molecule has 0 aromatic heterocycles. The average Bonchev–Trinajstić information content (AvgIpc) is 2.48. The first-order chi connectivity index (χ1) is 10.6. The SMILES string of the molecule is CNC1CC(OCCC(Cc2ccccc2)N(C)C(=O)O)C1. The average molecular weight is 306 g/mol. The Morgan fingerprint density at radius 3 is 2.68 bits per heavy atom. The summed E-state index contributed by atoms with van der Waals surface area (Å²) in [5, 5.41) is 12.5. The molecule has 122 valence electrons. The van der Waals surface area contributed by atoms with E-state index >= 15 is 0 Å². The highest BCUT2D eigenvalue weighted by Gasteiger charge is 2.28. The zero-order chi connectivity index (χ0) is 15.9. The number of rotatable bonds is 8. The quantitative estimate of drug-likeness (QED) is 0.774. The van der Waals surface area contributed by atoms with Crippen molar-refractivity contribution in [2.75, 3.05) is 20.7 Å². The Bertz CT molecular complexity index is 460. The Labute approximate surface area is 132 Å². The van der Waals surface area contributed by atoms with Gasteiger partial charge in [0.15, 0.2) is 0 Å². The Kier molecular flexibility index (Phi) is 6.21. The summed E-state index contributed by atoms with van der Waals surface area (Å²) in [6.45, 7) is 0.607. The van der Waals surface area contributed by atoms with Crippen LogP contribution in [-0.4, -0.2) is 55.0 Å². The second-order valence-corrected chi connectivity index (χ2v) is 5.98.